The zero-order valence-corrected chi connectivity index (χ0v) is 6.65. The Morgan fingerprint density at radius 2 is 1.80 bits per heavy atom. The van der Waals surface area contributed by atoms with Gasteiger partial charge in [0.2, 0.25) is 0 Å². The quantitative estimate of drug-likeness (QED) is 0.247. The minimum atomic E-state index is -0.0417. The molecule has 0 N–H and O–H groups in total. The van der Waals surface area contributed by atoms with E-state index in [1.807, 2.05) is 0 Å². The Labute approximate surface area is 75.2 Å². The number of hydrogen-bond acceptors (Lipinski definition) is 1. The Morgan fingerprint density at radius 3 is 1.80 bits per heavy atom. The van der Waals surface area contributed by atoms with E-state index in [2.05, 4.69) is 6.92 Å². The second-order valence-electron chi connectivity index (χ2n) is 0.558. The van der Waals surface area contributed by atoms with Crippen molar-refractivity contribution in [1.82, 2.24) is 0 Å². The van der Waals surface area contributed by atoms with Gasteiger partial charge in [-0.25, -0.2) is 0 Å². The Kier molecular flexibility index (Phi) is 17.9. The Morgan fingerprint density at radius 1 is 1.60 bits per heavy atom. The van der Waals surface area contributed by atoms with Crippen LogP contribution in [0.4, 0.5) is 0 Å². The van der Waals surface area contributed by atoms with E-state index in [0.29, 0.717) is 6.42 Å². The molecule has 0 radical (unpaired) electrons. The average molecular weight is 97.2 g/mol. The molecule has 0 aromatic carbocycles. The van der Waals surface area contributed by atoms with Crippen LogP contribution in [0.1, 0.15) is 6.42 Å². The van der Waals surface area contributed by atoms with Crippen LogP contribution in [0.25, 0.3) is 0 Å². The first-order valence-electron chi connectivity index (χ1n) is 1.29. The Balaban J connectivity index is 0. The largest absolute Gasteiger partial charge is 1.00 e. The van der Waals surface area contributed by atoms with Gasteiger partial charge in [0.15, 0.2) is 0 Å². The van der Waals surface area contributed by atoms with Gasteiger partial charge in [-0.2, -0.15) is 13.0 Å². The summed E-state index contributed by atoms with van der Waals surface area (Å²) in [6, 6.07) is 0. The van der Waals surface area contributed by atoms with Gasteiger partial charge in [0.05, 0.1) is 0 Å². The third-order valence-electron chi connectivity index (χ3n) is 0.144. The maximum atomic E-state index is 9.24. The van der Waals surface area contributed by atoms with Crippen LogP contribution in [-0.4, -0.2) is 6.61 Å². The first-order chi connectivity index (χ1) is 1.91. The van der Waals surface area contributed by atoms with Crippen molar-refractivity contribution in [2.75, 3.05) is 6.61 Å². The van der Waals surface area contributed by atoms with Crippen LogP contribution >= 0.6 is 0 Å². The molecule has 0 aliphatic heterocycles. The zero-order chi connectivity index (χ0) is 3.41. The van der Waals surface area contributed by atoms with Crippen LogP contribution in [0, 0.1) is 6.92 Å². The van der Waals surface area contributed by atoms with Crippen molar-refractivity contribution >= 4 is 0 Å². The predicted octanol–water partition coefficient (Wildman–Crippen LogP) is -3.43. The minimum absolute atomic E-state index is 0. The fraction of sp³-hybridized carbons (Fsp3) is 0.667. The molecule has 2 heteroatoms. The molecule has 0 aliphatic carbocycles. The van der Waals surface area contributed by atoms with Crippen LogP contribution < -0.4 is 56.5 Å². The summed E-state index contributed by atoms with van der Waals surface area (Å²) in [6.45, 7) is 3.25. The van der Waals surface area contributed by atoms with E-state index in [4.69, 9.17) is 0 Å². The van der Waals surface area contributed by atoms with Crippen molar-refractivity contribution in [2.24, 2.45) is 0 Å². The summed E-state index contributed by atoms with van der Waals surface area (Å²) in [5.41, 5.74) is 0. The standard InChI is InChI=1S/C3H6O.K/c1-2-3-4;/h1-3H2;/q-2;+1. The molecule has 5 heavy (non-hydrogen) atoms. The van der Waals surface area contributed by atoms with E-state index >= 15 is 0 Å². The first-order valence-corrected chi connectivity index (χ1v) is 1.29. The smallest absolute Gasteiger partial charge is 0.856 e. The summed E-state index contributed by atoms with van der Waals surface area (Å²) in [7, 11) is 0. The van der Waals surface area contributed by atoms with E-state index in [1.54, 1.807) is 0 Å². The van der Waals surface area contributed by atoms with Crippen molar-refractivity contribution in [3.05, 3.63) is 6.92 Å². The van der Waals surface area contributed by atoms with E-state index in [0.717, 1.165) is 0 Å². The molecular formula is C3H6KO-. The summed E-state index contributed by atoms with van der Waals surface area (Å²) in [4.78, 5) is 0. The monoisotopic (exact) mass is 97.0 g/mol. The fourth-order valence-corrected chi connectivity index (χ4v) is 0. The van der Waals surface area contributed by atoms with Gasteiger partial charge in [-0.05, 0) is 0 Å². The van der Waals surface area contributed by atoms with Crippen LogP contribution in [0.5, 0.6) is 0 Å². The predicted molar refractivity (Wildman–Crippen MR) is 14.8 cm³/mol. The van der Waals surface area contributed by atoms with E-state index in [9.17, 15) is 5.11 Å². The number of hydrogen-bond donors (Lipinski definition) is 0. The zero-order valence-electron chi connectivity index (χ0n) is 3.53. The van der Waals surface area contributed by atoms with Crippen molar-refractivity contribution in [3.63, 3.8) is 0 Å². The molecule has 0 fully saturated rings. The van der Waals surface area contributed by atoms with E-state index in [-0.39, 0.29) is 58.0 Å². The van der Waals surface area contributed by atoms with Crippen LogP contribution in [0.2, 0.25) is 0 Å². The maximum absolute atomic E-state index is 9.24. The molecule has 0 saturated carbocycles. The van der Waals surface area contributed by atoms with Gasteiger partial charge in [-0.3, -0.25) is 0 Å². The van der Waals surface area contributed by atoms with Gasteiger partial charge < -0.3 is 12.0 Å². The second kappa shape index (κ2) is 9.14. The first kappa shape index (κ1) is 9.78. The molecule has 26 valence electrons. The fourth-order valence-electron chi connectivity index (χ4n) is 0. The second-order valence-corrected chi connectivity index (χ2v) is 0.558. The summed E-state index contributed by atoms with van der Waals surface area (Å²) in [5, 5.41) is 9.24. The normalized spacial score (nSPS) is 6.00. The van der Waals surface area contributed by atoms with Gasteiger partial charge in [-0.1, -0.05) is 0 Å². The molecule has 0 atom stereocenters. The molecule has 0 aromatic heterocycles. The molecule has 0 saturated heterocycles. The van der Waals surface area contributed by atoms with Crippen LogP contribution in [0.15, 0.2) is 0 Å². The molecule has 0 aliphatic rings. The summed E-state index contributed by atoms with van der Waals surface area (Å²) < 4.78 is 0. The summed E-state index contributed by atoms with van der Waals surface area (Å²) in [6.07, 6.45) is 0.514. The Hall–Kier alpha value is 1.60. The third-order valence-corrected chi connectivity index (χ3v) is 0.144. The molecular weight excluding hydrogens is 91.1 g/mol. The van der Waals surface area contributed by atoms with Crippen LogP contribution in [-0.2, 0) is 0 Å². The van der Waals surface area contributed by atoms with Crippen molar-refractivity contribution in [2.45, 2.75) is 6.42 Å². The minimum Gasteiger partial charge on any atom is -0.856 e. The molecule has 0 amide bonds. The summed E-state index contributed by atoms with van der Waals surface area (Å²) >= 11 is 0. The maximum Gasteiger partial charge on any atom is 1.00 e. The van der Waals surface area contributed by atoms with Crippen LogP contribution in [0.3, 0.4) is 0 Å². The van der Waals surface area contributed by atoms with Gasteiger partial charge in [-0.15, -0.1) is 0 Å². The summed E-state index contributed by atoms with van der Waals surface area (Å²) in [5.74, 6) is 0. The van der Waals surface area contributed by atoms with Crippen molar-refractivity contribution in [3.8, 4) is 0 Å². The average Bonchev–Trinajstić information content (AvgIpc) is 1.37. The Bertz CT molecular complexity index is 8.85. The van der Waals surface area contributed by atoms with Gasteiger partial charge >= 0.3 is 51.4 Å². The molecule has 0 unspecified atom stereocenters. The molecule has 1 nitrogen and oxygen atoms in total. The van der Waals surface area contributed by atoms with Gasteiger partial charge in [0, 0.05) is 0 Å². The molecule has 0 spiro atoms. The molecule has 0 aromatic rings. The SMILES string of the molecule is [CH2-]CC[O-].[K+]. The third kappa shape index (κ3) is 10.7. The van der Waals surface area contributed by atoms with Gasteiger partial charge in [0.1, 0.15) is 0 Å². The van der Waals surface area contributed by atoms with Crippen molar-refractivity contribution in [1.29, 1.82) is 0 Å². The molecule has 0 rings (SSSR count). The molecule has 0 bridgehead atoms. The van der Waals surface area contributed by atoms with Crippen molar-refractivity contribution < 1.29 is 56.5 Å². The van der Waals surface area contributed by atoms with E-state index in [1.165, 1.54) is 0 Å². The topological polar surface area (TPSA) is 23.1 Å². The number of rotatable bonds is 1. The van der Waals surface area contributed by atoms with Gasteiger partial charge in [0.25, 0.3) is 0 Å². The van der Waals surface area contributed by atoms with E-state index < -0.39 is 0 Å². The molecule has 0 heterocycles.